The van der Waals surface area contributed by atoms with E-state index in [2.05, 4.69) is 0 Å². The third-order valence-corrected chi connectivity index (χ3v) is 3.57. The number of ether oxygens (including phenoxy) is 1. The van der Waals surface area contributed by atoms with Crippen molar-refractivity contribution in [3.63, 3.8) is 0 Å². The molecule has 3 rings (SSSR count). The van der Waals surface area contributed by atoms with Crippen molar-refractivity contribution >= 4 is 0 Å². The Morgan fingerprint density at radius 1 is 1.10 bits per heavy atom. The van der Waals surface area contributed by atoms with Crippen LogP contribution in [0.1, 0.15) is 17.0 Å². The first-order valence-corrected chi connectivity index (χ1v) is 6.32. The average Bonchev–Trinajstić information content (AvgIpc) is 2.47. The van der Waals surface area contributed by atoms with E-state index in [1.165, 1.54) is 0 Å². The molecule has 20 heavy (non-hydrogen) atoms. The van der Waals surface area contributed by atoms with Gasteiger partial charge in [-0.1, -0.05) is 36.4 Å². The first-order chi connectivity index (χ1) is 9.72. The number of nitrogens with zero attached hydrogens (tertiary/aromatic N) is 1. The van der Waals surface area contributed by atoms with Crippen LogP contribution < -0.4 is 4.74 Å². The van der Waals surface area contributed by atoms with Crippen LogP contribution in [0.4, 0.5) is 0 Å². The lowest BCUT2D eigenvalue weighted by molar-refractivity contribution is -0.528. The number of aliphatic hydroxyl groups excluding tert-OH is 1. The Balaban J connectivity index is 2.19. The van der Waals surface area contributed by atoms with Crippen LogP contribution in [-0.4, -0.2) is 22.7 Å². The molecule has 0 aliphatic carbocycles. The number of hydrogen-bond acceptors (Lipinski definition) is 4. The van der Waals surface area contributed by atoms with Crippen LogP contribution in [0.25, 0.3) is 0 Å². The summed E-state index contributed by atoms with van der Waals surface area (Å²) in [6.45, 7) is -0.514. The van der Waals surface area contributed by atoms with Crippen molar-refractivity contribution < 1.29 is 14.8 Å². The van der Waals surface area contributed by atoms with E-state index < -0.39 is 23.5 Å². The van der Waals surface area contributed by atoms with Crippen LogP contribution in [0, 0.1) is 10.1 Å². The predicted octanol–water partition coefficient (Wildman–Crippen LogP) is 2.56. The van der Waals surface area contributed by atoms with Gasteiger partial charge in [0.2, 0.25) is 6.04 Å². The van der Waals surface area contributed by atoms with E-state index in [0.29, 0.717) is 11.5 Å². The van der Waals surface area contributed by atoms with Crippen LogP contribution in [0.3, 0.4) is 0 Å². The highest BCUT2D eigenvalue weighted by molar-refractivity contribution is 5.54. The Hall–Kier alpha value is -2.40. The molecule has 0 bridgehead atoms. The number of nitro groups is 1. The summed E-state index contributed by atoms with van der Waals surface area (Å²) >= 11 is 0. The zero-order chi connectivity index (χ0) is 14.1. The van der Waals surface area contributed by atoms with Crippen LogP contribution >= 0.6 is 0 Å². The summed E-state index contributed by atoms with van der Waals surface area (Å²) < 4.78 is 5.78. The Bertz CT molecular complexity index is 610. The Morgan fingerprint density at radius 2 is 1.60 bits per heavy atom. The fourth-order valence-electron chi connectivity index (χ4n) is 2.66. The van der Waals surface area contributed by atoms with Gasteiger partial charge in [0, 0.05) is 16.1 Å². The molecule has 0 spiro atoms. The molecule has 0 saturated carbocycles. The summed E-state index contributed by atoms with van der Waals surface area (Å²) in [6, 6.07) is 13.4. The van der Waals surface area contributed by atoms with Gasteiger partial charge in [-0.15, -0.1) is 0 Å². The molecule has 1 atom stereocenters. The Morgan fingerprint density at radius 3 is 2.05 bits per heavy atom. The van der Waals surface area contributed by atoms with Gasteiger partial charge in [0.1, 0.15) is 18.1 Å². The SMILES string of the molecule is O=[N+]([O-])C(CO)C1c2ccccc2Oc2ccccc21. The maximum Gasteiger partial charge on any atom is 0.246 e. The van der Waals surface area contributed by atoms with E-state index in [-0.39, 0.29) is 0 Å². The lowest BCUT2D eigenvalue weighted by Gasteiger charge is -2.29. The zero-order valence-corrected chi connectivity index (χ0v) is 10.6. The molecule has 102 valence electrons. The van der Waals surface area contributed by atoms with Crippen molar-refractivity contribution in [3.8, 4) is 11.5 Å². The smallest absolute Gasteiger partial charge is 0.246 e. The number of aliphatic hydroxyl groups is 1. The molecule has 5 heteroatoms. The molecule has 2 aromatic carbocycles. The second-order valence-corrected chi connectivity index (χ2v) is 4.69. The molecule has 1 heterocycles. The number of rotatable bonds is 3. The first kappa shape index (κ1) is 12.6. The number of fused-ring (bicyclic) bond motifs is 2. The van der Waals surface area contributed by atoms with Crippen molar-refractivity contribution in [2.75, 3.05) is 6.61 Å². The summed E-state index contributed by atoms with van der Waals surface area (Å²) in [6.07, 6.45) is 0. The quantitative estimate of drug-likeness (QED) is 0.687. The number of para-hydroxylation sites is 2. The van der Waals surface area contributed by atoms with Gasteiger partial charge in [0.25, 0.3) is 0 Å². The lowest BCUT2D eigenvalue weighted by atomic mass is 9.83. The minimum atomic E-state index is -1.08. The van der Waals surface area contributed by atoms with Crippen LogP contribution in [0.15, 0.2) is 48.5 Å². The highest BCUT2D eigenvalue weighted by Crippen LogP contribution is 2.45. The molecule has 0 fully saturated rings. The maximum absolute atomic E-state index is 11.3. The van der Waals surface area contributed by atoms with E-state index in [1.54, 1.807) is 12.1 Å². The second-order valence-electron chi connectivity index (χ2n) is 4.69. The van der Waals surface area contributed by atoms with Gasteiger partial charge in [-0.2, -0.15) is 0 Å². The van der Waals surface area contributed by atoms with E-state index in [9.17, 15) is 15.2 Å². The van der Waals surface area contributed by atoms with Crippen molar-refractivity contribution in [2.24, 2.45) is 0 Å². The lowest BCUT2D eigenvalue weighted by Crippen LogP contribution is -2.33. The third-order valence-electron chi connectivity index (χ3n) is 3.57. The largest absolute Gasteiger partial charge is 0.457 e. The minimum Gasteiger partial charge on any atom is -0.457 e. The molecule has 0 radical (unpaired) electrons. The predicted molar refractivity (Wildman–Crippen MR) is 72.7 cm³/mol. The standard InChI is InChI=1S/C15H13NO4/c17-9-12(16(18)19)15-10-5-1-3-7-13(10)20-14-8-4-2-6-11(14)15/h1-8,12,15,17H,9H2. The number of benzene rings is 2. The van der Waals surface area contributed by atoms with Gasteiger partial charge in [-0.3, -0.25) is 10.1 Å². The molecule has 0 aromatic heterocycles. The molecule has 5 nitrogen and oxygen atoms in total. The molecule has 0 amide bonds. The summed E-state index contributed by atoms with van der Waals surface area (Å²) in [5.74, 6) is 0.712. The van der Waals surface area contributed by atoms with Crippen LogP contribution in [0.2, 0.25) is 0 Å². The fraction of sp³-hybridized carbons (Fsp3) is 0.200. The molecule has 1 unspecified atom stereocenters. The summed E-state index contributed by atoms with van der Waals surface area (Å²) in [5.41, 5.74) is 1.48. The monoisotopic (exact) mass is 271 g/mol. The highest BCUT2D eigenvalue weighted by atomic mass is 16.6. The number of hydrogen-bond donors (Lipinski definition) is 1. The second kappa shape index (κ2) is 4.94. The van der Waals surface area contributed by atoms with Crippen molar-refractivity contribution in [2.45, 2.75) is 12.0 Å². The van der Waals surface area contributed by atoms with Crippen LogP contribution in [-0.2, 0) is 0 Å². The topological polar surface area (TPSA) is 72.6 Å². The molecular weight excluding hydrogens is 258 g/mol. The Labute approximate surface area is 115 Å². The summed E-state index contributed by atoms with van der Waals surface area (Å²) in [7, 11) is 0. The molecule has 1 aliphatic heterocycles. The summed E-state index contributed by atoms with van der Waals surface area (Å²) in [5, 5.41) is 20.7. The van der Waals surface area contributed by atoms with Gasteiger partial charge in [-0.25, -0.2) is 0 Å². The van der Waals surface area contributed by atoms with Gasteiger partial charge in [-0.05, 0) is 12.1 Å². The third kappa shape index (κ3) is 1.92. The zero-order valence-electron chi connectivity index (χ0n) is 10.6. The van der Waals surface area contributed by atoms with Crippen molar-refractivity contribution in [3.05, 3.63) is 69.8 Å². The fourth-order valence-corrected chi connectivity index (χ4v) is 2.66. The first-order valence-electron chi connectivity index (χ1n) is 6.32. The van der Waals surface area contributed by atoms with Crippen molar-refractivity contribution in [1.29, 1.82) is 0 Å². The molecular formula is C15H13NO4. The van der Waals surface area contributed by atoms with Gasteiger partial charge in [0.15, 0.2) is 0 Å². The van der Waals surface area contributed by atoms with E-state index in [1.807, 2.05) is 36.4 Å². The molecule has 1 aliphatic rings. The van der Waals surface area contributed by atoms with Crippen LogP contribution in [0.5, 0.6) is 11.5 Å². The normalized spacial score (nSPS) is 14.8. The summed E-state index contributed by atoms with van der Waals surface area (Å²) in [4.78, 5) is 10.8. The average molecular weight is 271 g/mol. The van der Waals surface area contributed by atoms with E-state index in [0.717, 1.165) is 11.1 Å². The molecule has 1 N–H and O–H groups in total. The molecule has 0 saturated heterocycles. The highest BCUT2D eigenvalue weighted by Gasteiger charge is 2.39. The van der Waals surface area contributed by atoms with E-state index >= 15 is 0 Å². The van der Waals surface area contributed by atoms with Crippen molar-refractivity contribution in [1.82, 2.24) is 0 Å². The molecule has 2 aromatic rings. The maximum atomic E-state index is 11.3. The van der Waals surface area contributed by atoms with Gasteiger partial charge >= 0.3 is 0 Å². The minimum absolute atomic E-state index is 0.427. The van der Waals surface area contributed by atoms with E-state index in [4.69, 9.17) is 4.74 Å². The van der Waals surface area contributed by atoms with Gasteiger partial charge in [0.05, 0.1) is 5.92 Å². The van der Waals surface area contributed by atoms with Gasteiger partial charge < -0.3 is 9.84 Å². The Kier molecular flexibility index (Phi) is 3.12.